The molecule has 1 N–H and O–H groups in total. The van der Waals surface area contributed by atoms with Crippen LogP contribution in [0.4, 0.5) is 11.4 Å². The van der Waals surface area contributed by atoms with Gasteiger partial charge in [-0.3, -0.25) is 4.79 Å². The first-order valence-electron chi connectivity index (χ1n) is 9.68. The van der Waals surface area contributed by atoms with E-state index in [-0.39, 0.29) is 12.5 Å². The van der Waals surface area contributed by atoms with Gasteiger partial charge in [-0.25, -0.2) is 0 Å². The van der Waals surface area contributed by atoms with E-state index in [1.54, 1.807) is 0 Å². The number of rotatable bonds is 6. The summed E-state index contributed by atoms with van der Waals surface area (Å²) in [5.74, 6) is 0.944. The number of nitrogens with zero attached hydrogens (tertiary/aromatic N) is 2. The van der Waals surface area contributed by atoms with Crippen molar-refractivity contribution in [2.75, 3.05) is 50.1 Å². The molecule has 2 aromatic rings. The van der Waals surface area contributed by atoms with Crippen LogP contribution in [0.3, 0.4) is 0 Å². The predicted octanol–water partition coefficient (Wildman–Crippen LogP) is 4.34. The van der Waals surface area contributed by atoms with Gasteiger partial charge in [0.2, 0.25) is 0 Å². The molecule has 1 aliphatic rings. The van der Waals surface area contributed by atoms with Crippen LogP contribution in [-0.2, 0) is 4.79 Å². The topological polar surface area (TPSA) is 44.8 Å². The van der Waals surface area contributed by atoms with Gasteiger partial charge in [-0.05, 0) is 70.9 Å². The summed E-state index contributed by atoms with van der Waals surface area (Å²) in [4.78, 5) is 16.9. The van der Waals surface area contributed by atoms with Crippen LogP contribution < -0.4 is 15.0 Å². The Hall–Kier alpha value is -2.05. The first-order chi connectivity index (χ1) is 13.4. The van der Waals surface area contributed by atoms with E-state index in [2.05, 4.69) is 64.1 Å². The molecule has 28 heavy (non-hydrogen) atoms. The number of hydrogen-bond acceptors (Lipinski definition) is 4. The maximum Gasteiger partial charge on any atom is 0.262 e. The highest BCUT2D eigenvalue weighted by molar-refractivity contribution is 9.10. The van der Waals surface area contributed by atoms with Crippen LogP contribution in [0.2, 0.25) is 0 Å². The van der Waals surface area contributed by atoms with Crippen LogP contribution in [0, 0.1) is 0 Å². The van der Waals surface area contributed by atoms with E-state index in [9.17, 15) is 4.79 Å². The zero-order valence-electron chi connectivity index (χ0n) is 16.7. The zero-order chi connectivity index (χ0) is 20.1. The van der Waals surface area contributed by atoms with E-state index < -0.39 is 0 Å². The Bertz CT molecular complexity index is 800. The van der Waals surface area contributed by atoms with Gasteiger partial charge in [0.15, 0.2) is 6.61 Å². The molecule has 0 spiro atoms. The highest BCUT2D eigenvalue weighted by Gasteiger charge is 2.14. The molecule has 1 amide bonds. The van der Waals surface area contributed by atoms with E-state index in [0.717, 1.165) is 36.3 Å². The van der Waals surface area contributed by atoms with Gasteiger partial charge in [0, 0.05) is 37.6 Å². The third-order valence-electron chi connectivity index (χ3n) is 5.00. The summed E-state index contributed by atoms with van der Waals surface area (Å²) in [7, 11) is 2.15. The highest BCUT2D eigenvalue weighted by atomic mass is 79.9. The summed E-state index contributed by atoms with van der Waals surface area (Å²) >= 11 is 3.52. The van der Waals surface area contributed by atoms with Gasteiger partial charge in [-0.2, -0.15) is 0 Å². The number of likely N-dealkylation sites (N-methyl/N-ethyl adjacent to an activating group) is 1. The second kappa shape index (κ2) is 9.43. The van der Waals surface area contributed by atoms with Crippen LogP contribution >= 0.6 is 15.9 Å². The molecule has 0 radical (unpaired) electrons. The summed E-state index contributed by atoms with van der Waals surface area (Å²) in [5, 5.41) is 2.89. The van der Waals surface area contributed by atoms with E-state index in [1.807, 2.05) is 30.3 Å². The fourth-order valence-corrected chi connectivity index (χ4v) is 3.66. The van der Waals surface area contributed by atoms with Crippen LogP contribution in [-0.4, -0.2) is 50.6 Å². The predicted molar refractivity (Wildman–Crippen MR) is 119 cm³/mol. The van der Waals surface area contributed by atoms with Gasteiger partial charge in [0.1, 0.15) is 5.75 Å². The molecule has 6 heteroatoms. The van der Waals surface area contributed by atoms with Crippen molar-refractivity contribution in [3.63, 3.8) is 0 Å². The lowest BCUT2D eigenvalue weighted by Gasteiger charge is -2.34. The third kappa shape index (κ3) is 5.49. The number of carbonyl (C=O) groups is 1. The van der Waals surface area contributed by atoms with Crippen LogP contribution in [0.1, 0.15) is 25.3 Å². The normalized spacial score (nSPS) is 15.0. The van der Waals surface area contributed by atoms with E-state index >= 15 is 0 Å². The number of halogens is 1. The smallest absolute Gasteiger partial charge is 0.262 e. The van der Waals surface area contributed by atoms with Crippen molar-refractivity contribution < 1.29 is 9.53 Å². The minimum absolute atomic E-state index is 0.0279. The third-order valence-corrected chi connectivity index (χ3v) is 5.62. The van der Waals surface area contributed by atoms with Crippen molar-refractivity contribution in [1.82, 2.24) is 4.90 Å². The summed E-state index contributed by atoms with van der Waals surface area (Å²) in [5.41, 5.74) is 3.20. The minimum Gasteiger partial charge on any atom is -0.483 e. The Morgan fingerprint density at radius 2 is 1.79 bits per heavy atom. The summed E-state index contributed by atoms with van der Waals surface area (Å²) in [6.45, 7) is 8.46. The van der Waals surface area contributed by atoms with Crippen molar-refractivity contribution in [2.45, 2.75) is 19.8 Å². The maximum absolute atomic E-state index is 12.2. The Morgan fingerprint density at radius 3 is 2.39 bits per heavy atom. The number of amides is 1. The molecule has 150 valence electrons. The van der Waals surface area contributed by atoms with E-state index in [4.69, 9.17) is 4.74 Å². The quantitative estimate of drug-likeness (QED) is 0.717. The van der Waals surface area contributed by atoms with Crippen LogP contribution in [0.15, 0.2) is 46.9 Å². The molecule has 0 bridgehead atoms. The average Bonchev–Trinajstić information content (AvgIpc) is 2.68. The summed E-state index contributed by atoms with van der Waals surface area (Å²) in [6.07, 6.45) is 0. The first kappa shape index (κ1) is 20.7. The molecule has 2 aromatic carbocycles. The lowest BCUT2D eigenvalue weighted by atomic mass is 10.0. The molecule has 0 aromatic heterocycles. The van der Waals surface area contributed by atoms with Crippen molar-refractivity contribution >= 4 is 33.2 Å². The molecule has 1 saturated heterocycles. The molecular weight excluding hydrogens is 418 g/mol. The van der Waals surface area contributed by atoms with Gasteiger partial charge in [0.05, 0.1) is 4.47 Å². The van der Waals surface area contributed by atoms with Gasteiger partial charge < -0.3 is 19.9 Å². The number of anilines is 2. The Kier molecular flexibility index (Phi) is 6.97. The van der Waals surface area contributed by atoms with Crippen molar-refractivity contribution in [1.29, 1.82) is 0 Å². The molecule has 5 nitrogen and oxygen atoms in total. The minimum atomic E-state index is -0.174. The van der Waals surface area contributed by atoms with E-state index in [1.165, 1.54) is 11.3 Å². The zero-order valence-corrected chi connectivity index (χ0v) is 18.3. The second-order valence-corrected chi connectivity index (χ2v) is 8.37. The number of hydrogen-bond donors (Lipinski definition) is 1. The first-order valence-corrected chi connectivity index (χ1v) is 10.5. The fraction of sp³-hybridized carbons (Fsp3) is 0.409. The largest absolute Gasteiger partial charge is 0.483 e. The second-order valence-electron chi connectivity index (χ2n) is 7.52. The monoisotopic (exact) mass is 445 g/mol. The summed E-state index contributed by atoms with van der Waals surface area (Å²) < 4.78 is 6.53. The number of nitrogens with one attached hydrogen (secondary N) is 1. The molecule has 1 heterocycles. The average molecular weight is 446 g/mol. The molecule has 3 rings (SSSR count). The number of benzene rings is 2. The van der Waals surface area contributed by atoms with Crippen molar-refractivity contribution in [3.8, 4) is 5.75 Å². The molecule has 1 aliphatic heterocycles. The van der Waals surface area contributed by atoms with Gasteiger partial charge >= 0.3 is 0 Å². The van der Waals surface area contributed by atoms with Crippen molar-refractivity contribution in [2.24, 2.45) is 0 Å². The molecule has 0 unspecified atom stereocenters. The summed E-state index contributed by atoms with van der Waals surface area (Å²) in [6, 6.07) is 14.0. The Labute approximate surface area is 175 Å². The van der Waals surface area contributed by atoms with Crippen molar-refractivity contribution in [3.05, 3.63) is 52.5 Å². The Morgan fingerprint density at radius 1 is 1.11 bits per heavy atom. The lowest BCUT2D eigenvalue weighted by molar-refractivity contribution is -0.118. The Balaban J connectivity index is 1.51. The molecule has 0 saturated carbocycles. The van der Waals surface area contributed by atoms with Gasteiger partial charge in [0.25, 0.3) is 5.91 Å². The van der Waals surface area contributed by atoms with Gasteiger partial charge in [-0.15, -0.1) is 0 Å². The molecule has 0 atom stereocenters. The number of ether oxygens (including phenoxy) is 1. The van der Waals surface area contributed by atoms with Crippen LogP contribution in [0.25, 0.3) is 0 Å². The maximum atomic E-state index is 12.2. The number of piperazine rings is 1. The van der Waals surface area contributed by atoms with Gasteiger partial charge in [-0.1, -0.05) is 19.9 Å². The molecule has 0 aliphatic carbocycles. The lowest BCUT2D eigenvalue weighted by Crippen LogP contribution is -2.44. The van der Waals surface area contributed by atoms with Crippen LogP contribution in [0.5, 0.6) is 5.75 Å². The standard InChI is InChI=1S/C22H28BrN3O2/c1-16(2)17-4-9-21(20(23)14-17)28-15-22(27)24-18-5-7-19(8-6-18)26-12-10-25(3)11-13-26/h4-9,14,16H,10-13,15H2,1-3H3,(H,24,27). The highest BCUT2D eigenvalue weighted by Crippen LogP contribution is 2.29. The molecule has 1 fully saturated rings. The van der Waals surface area contributed by atoms with E-state index in [0.29, 0.717) is 11.7 Å². The fourth-order valence-electron chi connectivity index (χ4n) is 3.15. The SMILES string of the molecule is CC(C)c1ccc(OCC(=O)Nc2ccc(N3CCN(C)CC3)cc2)c(Br)c1. The molecular formula is C22H28BrN3O2. The number of carbonyl (C=O) groups excluding carboxylic acids is 1.